The molecule has 0 saturated carbocycles. The zero-order valence-corrected chi connectivity index (χ0v) is 23.4. The van der Waals surface area contributed by atoms with Gasteiger partial charge in [-0.25, -0.2) is 8.42 Å². The third kappa shape index (κ3) is 5.74. The number of nitriles is 1. The van der Waals surface area contributed by atoms with Crippen LogP contribution in [0.4, 0.5) is 5.69 Å². The highest BCUT2D eigenvalue weighted by molar-refractivity contribution is 7.89. The first-order valence-corrected chi connectivity index (χ1v) is 14.4. The Balaban J connectivity index is 1.57. The van der Waals surface area contributed by atoms with Gasteiger partial charge in [-0.3, -0.25) is 9.69 Å². The fourth-order valence-electron chi connectivity index (χ4n) is 4.33. The zero-order chi connectivity index (χ0) is 27.5. The van der Waals surface area contributed by atoms with Gasteiger partial charge < -0.3 is 4.90 Å². The van der Waals surface area contributed by atoms with Crippen LogP contribution in [-0.2, 0) is 27.9 Å². The van der Waals surface area contributed by atoms with Crippen molar-refractivity contribution in [1.82, 2.24) is 9.21 Å². The van der Waals surface area contributed by atoms with Crippen LogP contribution in [0.5, 0.6) is 0 Å². The summed E-state index contributed by atoms with van der Waals surface area (Å²) in [5.41, 5.74) is 1.40. The summed E-state index contributed by atoms with van der Waals surface area (Å²) in [4.78, 5) is 16.4. The smallest absolute Gasteiger partial charge is 0.258 e. The summed E-state index contributed by atoms with van der Waals surface area (Å²) in [6.45, 7) is 3.90. The Morgan fingerprint density at radius 3 is 2.03 bits per heavy atom. The SMILES string of the molecule is CC1(C)C(=O)N(c2ccc(C#N)c(Cl)c2)C(=S)N1CCS(=O)(=O)N(Cc1ccccc1)Cc1ccccc1. The molecule has 0 bridgehead atoms. The Morgan fingerprint density at radius 2 is 1.53 bits per heavy atom. The van der Waals surface area contributed by atoms with Crippen molar-refractivity contribution in [3.63, 3.8) is 0 Å². The topological polar surface area (TPSA) is 84.7 Å². The minimum atomic E-state index is -3.75. The molecule has 38 heavy (non-hydrogen) atoms. The van der Waals surface area contributed by atoms with E-state index < -0.39 is 15.6 Å². The van der Waals surface area contributed by atoms with Crippen molar-refractivity contribution in [3.8, 4) is 6.07 Å². The Hall–Kier alpha value is -3.29. The Kier molecular flexibility index (Phi) is 8.19. The predicted octanol–water partition coefficient (Wildman–Crippen LogP) is 4.96. The van der Waals surface area contributed by atoms with E-state index in [1.54, 1.807) is 24.8 Å². The maximum absolute atomic E-state index is 13.7. The molecule has 0 N–H and O–H groups in total. The number of halogens is 1. The number of hydrogen-bond acceptors (Lipinski definition) is 5. The van der Waals surface area contributed by atoms with E-state index in [1.807, 2.05) is 66.7 Å². The Bertz CT molecular complexity index is 1450. The van der Waals surface area contributed by atoms with E-state index in [0.717, 1.165) is 11.1 Å². The Morgan fingerprint density at radius 1 is 0.974 bits per heavy atom. The van der Waals surface area contributed by atoms with Crippen molar-refractivity contribution in [2.75, 3.05) is 17.2 Å². The third-order valence-corrected chi connectivity index (χ3v) is 8.98. The summed E-state index contributed by atoms with van der Waals surface area (Å²) in [5, 5.41) is 9.57. The quantitative estimate of drug-likeness (QED) is 0.341. The van der Waals surface area contributed by atoms with E-state index in [4.69, 9.17) is 23.8 Å². The maximum atomic E-state index is 13.7. The Labute approximate surface area is 233 Å². The number of carbonyl (C=O) groups excluding carboxylic acids is 1. The average Bonchev–Trinajstić information content (AvgIpc) is 3.06. The molecule has 1 aliphatic heterocycles. The molecule has 0 atom stereocenters. The molecule has 0 spiro atoms. The van der Waals surface area contributed by atoms with E-state index in [-0.39, 0.29) is 47.0 Å². The van der Waals surface area contributed by atoms with Gasteiger partial charge in [-0.2, -0.15) is 9.57 Å². The highest BCUT2D eigenvalue weighted by Crippen LogP contribution is 2.34. The molecule has 1 saturated heterocycles. The number of benzene rings is 3. The number of rotatable bonds is 9. The van der Waals surface area contributed by atoms with Gasteiger partial charge in [0.2, 0.25) is 10.0 Å². The number of nitrogens with zero attached hydrogens (tertiary/aromatic N) is 4. The lowest BCUT2D eigenvalue weighted by molar-refractivity contribution is -0.123. The van der Waals surface area contributed by atoms with Gasteiger partial charge in [-0.05, 0) is 55.4 Å². The molecule has 10 heteroatoms. The van der Waals surface area contributed by atoms with Crippen LogP contribution in [0.1, 0.15) is 30.5 Å². The van der Waals surface area contributed by atoms with Crippen molar-refractivity contribution in [1.29, 1.82) is 5.26 Å². The molecule has 0 unspecified atom stereocenters. The minimum absolute atomic E-state index is 0.0283. The molecule has 1 fully saturated rings. The average molecular weight is 567 g/mol. The zero-order valence-electron chi connectivity index (χ0n) is 21.0. The molecule has 3 aromatic carbocycles. The van der Waals surface area contributed by atoms with E-state index in [2.05, 4.69) is 0 Å². The van der Waals surface area contributed by atoms with E-state index in [1.165, 1.54) is 21.3 Å². The fraction of sp³-hybridized carbons (Fsp3) is 0.250. The van der Waals surface area contributed by atoms with Gasteiger partial charge in [-0.1, -0.05) is 72.3 Å². The lowest BCUT2D eigenvalue weighted by Crippen LogP contribution is -2.47. The normalized spacial score (nSPS) is 15.2. The summed E-state index contributed by atoms with van der Waals surface area (Å²) in [5.74, 6) is -0.531. The van der Waals surface area contributed by atoms with Gasteiger partial charge in [0.1, 0.15) is 11.6 Å². The molecule has 0 aromatic heterocycles. The van der Waals surface area contributed by atoms with Gasteiger partial charge in [0.05, 0.1) is 22.0 Å². The van der Waals surface area contributed by atoms with Gasteiger partial charge in [0.25, 0.3) is 5.91 Å². The van der Waals surface area contributed by atoms with Crippen molar-refractivity contribution >= 4 is 50.5 Å². The van der Waals surface area contributed by atoms with Gasteiger partial charge in [-0.15, -0.1) is 0 Å². The van der Waals surface area contributed by atoms with Crippen LogP contribution in [-0.4, -0.2) is 46.5 Å². The van der Waals surface area contributed by atoms with Crippen LogP contribution in [0, 0.1) is 11.3 Å². The largest absolute Gasteiger partial charge is 0.333 e. The number of carbonyl (C=O) groups is 1. The third-order valence-electron chi connectivity index (χ3n) is 6.52. The number of hydrogen-bond donors (Lipinski definition) is 0. The van der Waals surface area contributed by atoms with E-state index >= 15 is 0 Å². The van der Waals surface area contributed by atoms with Crippen molar-refractivity contribution < 1.29 is 13.2 Å². The molecule has 7 nitrogen and oxygen atoms in total. The van der Waals surface area contributed by atoms with Gasteiger partial charge >= 0.3 is 0 Å². The second-order valence-electron chi connectivity index (χ2n) is 9.47. The first kappa shape index (κ1) is 27.7. The molecule has 1 heterocycles. The fourth-order valence-corrected chi connectivity index (χ4v) is 6.42. The van der Waals surface area contributed by atoms with Crippen LogP contribution >= 0.6 is 23.8 Å². The predicted molar refractivity (Wildman–Crippen MR) is 153 cm³/mol. The number of anilines is 1. The van der Waals surface area contributed by atoms with Crippen LogP contribution in [0.2, 0.25) is 5.02 Å². The number of thiocarbonyl (C=S) groups is 1. The molecule has 3 aromatic rings. The highest BCUT2D eigenvalue weighted by atomic mass is 35.5. The molecule has 1 aliphatic rings. The van der Waals surface area contributed by atoms with Crippen LogP contribution in [0.15, 0.2) is 78.9 Å². The van der Waals surface area contributed by atoms with Crippen LogP contribution in [0.3, 0.4) is 0 Å². The summed E-state index contributed by atoms with van der Waals surface area (Å²) < 4.78 is 28.8. The lowest BCUT2D eigenvalue weighted by Gasteiger charge is -2.30. The monoisotopic (exact) mass is 566 g/mol. The molecular weight excluding hydrogens is 540 g/mol. The second kappa shape index (κ2) is 11.2. The summed E-state index contributed by atoms with van der Waals surface area (Å²) in [7, 11) is -3.75. The van der Waals surface area contributed by atoms with Crippen molar-refractivity contribution in [2.24, 2.45) is 0 Å². The minimum Gasteiger partial charge on any atom is -0.333 e. The molecule has 196 valence electrons. The van der Waals surface area contributed by atoms with E-state index in [9.17, 15) is 18.5 Å². The van der Waals surface area contributed by atoms with Crippen molar-refractivity contribution in [3.05, 3.63) is 101 Å². The second-order valence-corrected chi connectivity index (χ2v) is 12.3. The van der Waals surface area contributed by atoms with Crippen LogP contribution < -0.4 is 4.90 Å². The summed E-state index contributed by atoms with van der Waals surface area (Å²) in [6, 6.07) is 25.5. The van der Waals surface area contributed by atoms with Crippen molar-refractivity contribution in [2.45, 2.75) is 32.5 Å². The molecule has 0 aliphatic carbocycles. The maximum Gasteiger partial charge on any atom is 0.258 e. The summed E-state index contributed by atoms with van der Waals surface area (Å²) in [6.07, 6.45) is 0. The first-order chi connectivity index (χ1) is 18.0. The first-order valence-electron chi connectivity index (χ1n) is 12.0. The standard InChI is InChI=1S/C28H27ClN4O3S2/c1-28(2)26(34)33(24-14-13-23(18-30)25(29)17-24)27(37)32(28)15-16-38(35,36)31(19-21-9-5-3-6-10-21)20-22-11-7-4-8-12-22/h3-14,17H,15-16,19-20H2,1-2H3. The summed E-state index contributed by atoms with van der Waals surface area (Å²) >= 11 is 11.9. The molecular formula is C28H27ClN4O3S2. The number of amides is 1. The molecule has 1 amide bonds. The van der Waals surface area contributed by atoms with E-state index in [0.29, 0.717) is 5.69 Å². The van der Waals surface area contributed by atoms with Gasteiger partial charge in [0.15, 0.2) is 5.11 Å². The van der Waals surface area contributed by atoms with Crippen LogP contribution in [0.25, 0.3) is 0 Å². The number of sulfonamides is 1. The molecule has 4 rings (SSSR count). The lowest BCUT2D eigenvalue weighted by atomic mass is 10.0. The highest BCUT2D eigenvalue weighted by Gasteiger charge is 2.49. The van der Waals surface area contributed by atoms with Gasteiger partial charge in [0, 0.05) is 19.6 Å². The molecule has 0 radical (unpaired) electrons.